The van der Waals surface area contributed by atoms with Gasteiger partial charge in [-0.2, -0.15) is 0 Å². The van der Waals surface area contributed by atoms with Crippen molar-refractivity contribution in [1.29, 1.82) is 0 Å². The highest BCUT2D eigenvalue weighted by Crippen LogP contribution is 2.23. The fourth-order valence-electron chi connectivity index (χ4n) is 1.21. The molecule has 0 saturated carbocycles. The highest BCUT2D eigenvalue weighted by Gasteiger charge is 2.12. The number of hydrogen-bond donors (Lipinski definition) is 0. The number of rotatable bonds is 5. The van der Waals surface area contributed by atoms with Gasteiger partial charge in [0.25, 0.3) is 0 Å². The Morgan fingerprint density at radius 1 is 1.38 bits per heavy atom. The standard InChI is InChI=1S/C11H20O2/c1-5-8-11(3,4)9-7-10(12)13-6-2/h7,9H,5-6,8H2,1-4H3. The minimum Gasteiger partial charge on any atom is -0.463 e. The van der Waals surface area contributed by atoms with Crippen LogP contribution in [0, 0.1) is 5.41 Å². The molecule has 0 spiro atoms. The molecule has 0 atom stereocenters. The molecule has 0 aliphatic carbocycles. The van der Waals surface area contributed by atoms with Gasteiger partial charge < -0.3 is 4.74 Å². The van der Waals surface area contributed by atoms with E-state index in [-0.39, 0.29) is 11.4 Å². The Bertz CT molecular complexity index is 181. The van der Waals surface area contributed by atoms with Gasteiger partial charge in [0.2, 0.25) is 0 Å². The first kappa shape index (κ1) is 12.2. The summed E-state index contributed by atoms with van der Waals surface area (Å²) in [6.07, 6.45) is 5.66. The smallest absolute Gasteiger partial charge is 0.330 e. The molecule has 0 aliphatic heterocycles. The fourth-order valence-corrected chi connectivity index (χ4v) is 1.21. The quantitative estimate of drug-likeness (QED) is 0.485. The maximum Gasteiger partial charge on any atom is 0.330 e. The molecule has 0 saturated heterocycles. The molecule has 2 nitrogen and oxygen atoms in total. The molecule has 76 valence electrons. The normalized spacial score (nSPS) is 12.0. The van der Waals surface area contributed by atoms with Crippen molar-refractivity contribution in [1.82, 2.24) is 0 Å². The second-order valence-corrected chi connectivity index (χ2v) is 3.82. The summed E-state index contributed by atoms with van der Waals surface area (Å²) in [7, 11) is 0. The summed E-state index contributed by atoms with van der Waals surface area (Å²) in [5.74, 6) is -0.244. The van der Waals surface area contributed by atoms with E-state index in [0.29, 0.717) is 6.61 Å². The second-order valence-electron chi connectivity index (χ2n) is 3.82. The fraction of sp³-hybridized carbons (Fsp3) is 0.727. The molecule has 0 aliphatic rings. The number of carbonyl (C=O) groups is 1. The molecule has 0 heterocycles. The highest BCUT2D eigenvalue weighted by atomic mass is 16.5. The van der Waals surface area contributed by atoms with Crippen molar-refractivity contribution in [2.75, 3.05) is 6.61 Å². The molecule has 0 amide bonds. The van der Waals surface area contributed by atoms with E-state index in [0.717, 1.165) is 12.8 Å². The first-order valence-corrected chi connectivity index (χ1v) is 4.88. The van der Waals surface area contributed by atoms with Crippen molar-refractivity contribution in [2.24, 2.45) is 5.41 Å². The van der Waals surface area contributed by atoms with E-state index >= 15 is 0 Å². The average Bonchev–Trinajstić information content (AvgIpc) is 2.02. The van der Waals surface area contributed by atoms with E-state index in [1.807, 2.05) is 13.0 Å². The molecular weight excluding hydrogens is 164 g/mol. The van der Waals surface area contributed by atoms with E-state index in [1.165, 1.54) is 6.08 Å². The molecule has 0 N–H and O–H groups in total. The Labute approximate surface area is 81.0 Å². The Hall–Kier alpha value is -0.790. The predicted octanol–water partition coefficient (Wildman–Crippen LogP) is 2.93. The Morgan fingerprint density at radius 2 is 2.00 bits per heavy atom. The van der Waals surface area contributed by atoms with Crippen LogP contribution in [0.1, 0.15) is 40.5 Å². The summed E-state index contributed by atoms with van der Waals surface area (Å²) in [6.45, 7) is 8.62. The molecule has 0 unspecified atom stereocenters. The third-order valence-electron chi connectivity index (χ3n) is 1.85. The van der Waals surface area contributed by atoms with Crippen LogP contribution >= 0.6 is 0 Å². The summed E-state index contributed by atoms with van der Waals surface area (Å²) < 4.78 is 4.79. The van der Waals surface area contributed by atoms with Crippen molar-refractivity contribution < 1.29 is 9.53 Å². The van der Waals surface area contributed by atoms with Gasteiger partial charge in [0, 0.05) is 6.08 Å². The van der Waals surface area contributed by atoms with Crippen LogP contribution in [0.4, 0.5) is 0 Å². The maximum atomic E-state index is 11.0. The lowest BCUT2D eigenvalue weighted by Gasteiger charge is -2.18. The first-order valence-electron chi connectivity index (χ1n) is 4.88. The van der Waals surface area contributed by atoms with Crippen LogP contribution in [0.2, 0.25) is 0 Å². The maximum absolute atomic E-state index is 11.0. The highest BCUT2D eigenvalue weighted by molar-refractivity contribution is 5.81. The predicted molar refractivity (Wildman–Crippen MR) is 54.5 cm³/mol. The van der Waals surface area contributed by atoms with Gasteiger partial charge in [-0.3, -0.25) is 0 Å². The topological polar surface area (TPSA) is 26.3 Å². The third-order valence-corrected chi connectivity index (χ3v) is 1.85. The molecule has 0 aromatic carbocycles. The van der Waals surface area contributed by atoms with Gasteiger partial charge in [0.05, 0.1) is 6.61 Å². The molecule has 13 heavy (non-hydrogen) atoms. The van der Waals surface area contributed by atoms with E-state index in [9.17, 15) is 4.79 Å². The lowest BCUT2D eigenvalue weighted by Crippen LogP contribution is -2.08. The Morgan fingerprint density at radius 3 is 2.46 bits per heavy atom. The first-order chi connectivity index (χ1) is 6.02. The zero-order valence-corrected chi connectivity index (χ0v) is 9.09. The van der Waals surface area contributed by atoms with Gasteiger partial charge in [-0.1, -0.05) is 33.3 Å². The van der Waals surface area contributed by atoms with Crippen LogP contribution in [0.15, 0.2) is 12.2 Å². The number of hydrogen-bond acceptors (Lipinski definition) is 2. The monoisotopic (exact) mass is 184 g/mol. The van der Waals surface area contributed by atoms with Crippen molar-refractivity contribution in [3.05, 3.63) is 12.2 Å². The lowest BCUT2D eigenvalue weighted by atomic mass is 9.88. The van der Waals surface area contributed by atoms with Gasteiger partial charge in [0.15, 0.2) is 0 Å². The van der Waals surface area contributed by atoms with E-state index in [4.69, 9.17) is 4.74 Å². The summed E-state index contributed by atoms with van der Waals surface area (Å²) in [6, 6.07) is 0. The number of carbonyl (C=O) groups excluding carboxylic acids is 1. The van der Waals surface area contributed by atoms with Crippen LogP contribution in [0.5, 0.6) is 0 Å². The van der Waals surface area contributed by atoms with Gasteiger partial charge in [-0.15, -0.1) is 0 Å². The molecule has 2 heteroatoms. The van der Waals surface area contributed by atoms with Gasteiger partial charge >= 0.3 is 5.97 Å². The van der Waals surface area contributed by atoms with Crippen LogP contribution < -0.4 is 0 Å². The number of esters is 1. The molecular formula is C11H20O2. The minimum absolute atomic E-state index is 0.0987. The Balaban J connectivity index is 4.01. The summed E-state index contributed by atoms with van der Waals surface area (Å²) in [5, 5.41) is 0. The number of allylic oxidation sites excluding steroid dienone is 1. The molecule has 0 radical (unpaired) electrons. The summed E-state index contributed by atoms with van der Waals surface area (Å²) in [5.41, 5.74) is 0.0987. The summed E-state index contributed by atoms with van der Waals surface area (Å²) in [4.78, 5) is 11.0. The largest absolute Gasteiger partial charge is 0.463 e. The van der Waals surface area contributed by atoms with E-state index < -0.39 is 0 Å². The van der Waals surface area contributed by atoms with Gasteiger partial charge in [-0.25, -0.2) is 4.79 Å². The van der Waals surface area contributed by atoms with Crippen LogP contribution in [-0.2, 0) is 9.53 Å². The Kier molecular flexibility index (Phi) is 5.44. The molecule has 0 aromatic rings. The molecule has 0 rings (SSSR count). The van der Waals surface area contributed by atoms with Crippen molar-refractivity contribution in [3.8, 4) is 0 Å². The van der Waals surface area contributed by atoms with Crippen molar-refractivity contribution in [2.45, 2.75) is 40.5 Å². The second kappa shape index (κ2) is 5.79. The zero-order chi connectivity index (χ0) is 10.3. The zero-order valence-electron chi connectivity index (χ0n) is 9.09. The van der Waals surface area contributed by atoms with Gasteiger partial charge in [-0.05, 0) is 18.8 Å². The minimum atomic E-state index is -0.244. The van der Waals surface area contributed by atoms with Crippen LogP contribution in [-0.4, -0.2) is 12.6 Å². The average molecular weight is 184 g/mol. The van der Waals surface area contributed by atoms with Crippen molar-refractivity contribution in [3.63, 3.8) is 0 Å². The van der Waals surface area contributed by atoms with Crippen LogP contribution in [0.25, 0.3) is 0 Å². The van der Waals surface area contributed by atoms with E-state index in [1.54, 1.807) is 0 Å². The third kappa shape index (κ3) is 6.38. The molecule has 0 fully saturated rings. The van der Waals surface area contributed by atoms with Crippen LogP contribution in [0.3, 0.4) is 0 Å². The lowest BCUT2D eigenvalue weighted by molar-refractivity contribution is -0.137. The molecule has 0 bridgehead atoms. The van der Waals surface area contributed by atoms with Gasteiger partial charge in [0.1, 0.15) is 0 Å². The van der Waals surface area contributed by atoms with E-state index in [2.05, 4.69) is 20.8 Å². The number of ether oxygens (including phenoxy) is 1. The van der Waals surface area contributed by atoms with Crippen molar-refractivity contribution >= 4 is 5.97 Å². The SMILES string of the molecule is CCCC(C)(C)C=CC(=O)OCC. The summed E-state index contributed by atoms with van der Waals surface area (Å²) >= 11 is 0. The molecule has 0 aromatic heterocycles.